The smallest absolute Gasteiger partial charge is 0.326 e. The minimum Gasteiger partial charge on any atom is -0.480 e. The second kappa shape index (κ2) is 9.44. The number of nitrogens with one attached hydrogen (secondary N) is 2. The van der Waals surface area contributed by atoms with E-state index in [1.54, 1.807) is 0 Å². The molecular formula is C12H22N2O4. The van der Waals surface area contributed by atoms with Crippen molar-refractivity contribution in [2.45, 2.75) is 52.0 Å². The van der Waals surface area contributed by atoms with Gasteiger partial charge >= 0.3 is 5.97 Å². The van der Waals surface area contributed by atoms with E-state index in [-0.39, 0.29) is 12.5 Å². The summed E-state index contributed by atoms with van der Waals surface area (Å²) < 4.78 is 0. The Labute approximate surface area is 107 Å². The summed E-state index contributed by atoms with van der Waals surface area (Å²) in [5.74, 6) is -1.72. The van der Waals surface area contributed by atoms with Gasteiger partial charge in [0, 0.05) is 6.42 Å². The maximum Gasteiger partial charge on any atom is 0.326 e. The van der Waals surface area contributed by atoms with Crippen molar-refractivity contribution >= 4 is 17.8 Å². The molecular weight excluding hydrogens is 236 g/mol. The lowest BCUT2D eigenvalue weighted by molar-refractivity contribution is -0.142. The third-order valence-corrected chi connectivity index (χ3v) is 2.40. The predicted octanol–water partition coefficient (Wildman–Crippen LogP) is 0.662. The molecule has 0 aliphatic rings. The maximum absolute atomic E-state index is 11.4. The normalized spacial score (nSPS) is 11.7. The summed E-state index contributed by atoms with van der Waals surface area (Å²) in [6.07, 6.45) is 3.08. The summed E-state index contributed by atoms with van der Waals surface area (Å²) in [7, 11) is 0. The van der Waals surface area contributed by atoms with Crippen LogP contribution in [0, 0.1) is 0 Å². The molecule has 0 heterocycles. The lowest BCUT2D eigenvalue weighted by Crippen LogP contribution is -2.45. The molecule has 0 aliphatic heterocycles. The van der Waals surface area contributed by atoms with Gasteiger partial charge in [-0.2, -0.15) is 0 Å². The van der Waals surface area contributed by atoms with E-state index in [4.69, 9.17) is 5.11 Å². The first-order valence-electron chi connectivity index (χ1n) is 6.30. The molecule has 1 atom stereocenters. The Balaban J connectivity index is 4.02. The number of hydrogen-bond donors (Lipinski definition) is 3. The molecule has 1 unspecified atom stereocenters. The van der Waals surface area contributed by atoms with E-state index in [0.717, 1.165) is 12.8 Å². The van der Waals surface area contributed by atoms with E-state index in [2.05, 4.69) is 10.6 Å². The van der Waals surface area contributed by atoms with E-state index in [1.807, 2.05) is 13.8 Å². The number of aliphatic carboxylic acids is 1. The van der Waals surface area contributed by atoms with Crippen molar-refractivity contribution in [1.82, 2.24) is 10.6 Å². The summed E-state index contributed by atoms with van der Waals surface area (Å²) in [5, 5.41) is 13.7. The van der Waals surface area contributed by atoms with Crippen molar-refractivity contribution in [2.75, 3.05) is 6.54 Å². The van der Waals surface area contributed by atoms with E-state index < -0.39 is 17.9 Å². The second-order valence-electron chi connectivity index (χ2n) is 4.13. The summed E-state index contributed by atoms with van der Waals surface area (Å²) in [6, 6.07) is -0.875. The number of amides is 2. The van der Waals surface area contributed by atoms with Gasteiger partial charge in [-0.25, -0.2) is 4.79 Å². The lowest BCUT2D eigenvalue weighted by Gasteiger charge is -2.14. The minimum absolute atomic E-state index is 0.172. The highest BCUT2D eigenvalue weighted by Crippen LogP contribution is 2.00. The third-order valence-electron chi connectivity index (χ3n) is 2.40. The summed E-state index contributed by atoms with van der Waals surface area (Å²) in [6.45, 7) is 3.64. The number of rotatable bonds is 9. The molecule has 18 heavy (non-hydrogen) atoms. The van der Waals surface area contributed by atoms with Crippen molar-refractivity contribution in [3.8, 4) is 0 Å². The first-order valence-corrected chi connectivity index (χ1v) is 6.30. The molecule has 0 rings (SSSR count). The lowest BCUT2D eigenvalue weighted by atomic mass is 10.1. The van der Waals surface area contributed by atoms with E-state index in [9.17, 15) is 14.4 Å². The van der Waals surface area contributed by atoms with Crippen LogP contribution >= 0.6 is 0 Å². The van der Waals surface area contributed by atoms with Crippen LogP contribution in [0.2, 0.25) is 0 Å². The van der Waals surface area contributed by atoms with E-state index in [1.165, 1.54) is 0 Å². The number of carboxylic acids is 1. The van der Waals surface area contributed by atoms with Gasteiger partial charge in [-0.05, 0) is 12.8 Å². The average molecular weight is 258 g/mol. The SMILES string of the molecule is CCCCC(NC(=O)CNC(=O)CCC)C(=O)O. The molecule has 0 spiro atoms. The number of carboxylic acid groups (broad SMARTS) is 1. The molecule has 0 fully saturated rings. The Morgan fingerprint density at radius 3 is 2.28 bits per heavy atom. The van der Waals surface area contributed by atoms with Crippen LogP contribution in [0.1, 0.15) is 46.0 Å². The van der Waals surface area contributed by atoms with Gasteiger partial charge in [-0.1, -0.05) is 26.7 Å². The van der Waals surface area contributed by atoms with Gasteiger partial charge in [0.2, 0.25) is 11.8 Å². The fraction of sp³-hybridized carbons (Fsp3) is 0.750. The summed E-state index contributed by atoms with van der Waals surface area (Å²) in [4.78, 5) is 33.5. The molecule has 0 aliphatic carbocycles. The molecule has 6 nitrogen and oxygen atoms in total. The average Bonchev–Trinajstić information content (AvgIpc) is 2.32. The largest absolute Gasteiger partial charge is 0.480 e. The van der Waals surface area contributed by atoms with Gasteiger partial charge < -0.3 is 15.7 Å². The van der Waals surface area contributed by atoms with Crippen LogP contribution in [0.15, 0.2) is 0 Å². The predicted molar refractivity (Wildman–Crippen MR) is 67.0 cm³/mol. The van der Waals surface area contributed by atoms with Crippen LogP contribution in [0.25, 0.3) is 0 Å². The topological polar surface area (TPSA) is 95.5 Å². The van der Waals surface area contributed by atoms with Crippen molar-refractivity contribution in [3.05, 3.63) is 0 Å². The first-order chi connectivity index (χ1) is 8.51. The van der Waals surface area contributed by atoms with Gasteiger partial charge in [0.1, 0.15) is 6.04 Å². The molecule has 0 radical (unpaired) electrons. The molecule has 0 saturated heterocycles. The monoisotopic (exact) mass is 258 g/mol. The quantitative estimate of drug-likeness (QED) is 0.566. The molecule has 0 bridgehead atoms. The highest BCUT2D eigenvalue weighted by Gasteiger charge is 2.19. The van der Waals surface area contributed by atoms with Crippen LogP contribution in [0.3, 0.4) is 0 Å². The summed E-state index contributed by atoms with van der Waals surface area (Å²) in [5.41, 5.74) is 0. The third kappa shape index (κ3) is 7.65. The van der Waals surface area contributed by atoms with Crippen molar-refractivity contribution in [3.63, 3.8) is 0 Å². The van der Waals surface area contributed by atoms with Crippen molar-refractivity contribution in [1.29, 1.82) is 0 Å². The van der Waals surface area contributed by atoms with Crippen LogP contribution < -0.4 is 10.6 Å². The number of hydrogen-bond acceptors (Lipinski definition) is 3. The van der Waals surface area contributed by atoms with Gasteiger partial charge in [-0.3, -0.25) is 9.59 Å². The molecule has 0 aromatic heterocycles. The van der Waals surface area contributed by atoms with Gasteiger partial charge in [0.15, 0.2) is 0 Å². The van der Waals surface area contributed by atoms with Crippen LogP contribution in [-0.4, -0.2) is 35.5 Å². The highest BCUT2D eigenvalue weighted by molar-refractivity contribution is 5.87. The molecule has 0 aromatic rings. The molecule has 0 aromatic carbocycles. The Hall–Kier alpha value is -1.59. The molecule has 6 heteroatoms. The zero-order chi connectivity index (χ0) is 14.0. The Bertz CT molecular complexity index is 292. The Morgan fingerprint density at radius 1 is 1.11 bits per heavy atom. The molecule has 104 valence electrons. The van der Waals surface area contributed by atoms with Gasteiger partial charge in [0.05, 0.1) is 6.54 Å². The zero-order valence-corrected chi connectivity index (χ0v) is 11.0. The van der Waals surface area contributed by atoms with Crippen LogP contribution in [0.4, 0.5) is 0 Å². The fourth-order valence-electron chi connectivity index (χ4n) is 1.41. The molecule has 2 amide bonds. The standard InChI is InChI=1S/C12H22N2O4/c1-3-5-7-9(12(17)18)14-11(16)8-13-10(15)6-4-2/h9H,3-8H2,1-2H3,(H,13,15)(H,14,16)(H,17,18). The zero-order valence-electron chi connectivity index (χ0n) is 11.0. The number of unbranched alkanes of at least 4 members (excludes halogenated alkanes) is 1. The van der Waals surface area contributed by atoms with Gasteiger partial charge in [-0.15, -0.1) is 0 Å². The minimum atomic E-state index is -1.04. The highest BCUT2D eigenvalue weighted by atomic mass is 16.4. The van der Waals surface area contributed by atoms with Crippen LogP contribution in [0.5, 0.6) is 0 Å². The number of carbonyl (C=O) groups is 3. The molecule has 3 N–H and O–H groups in total. The van der Waals surface area contributed by atoms with Crippen molar-refractivity contribution in [2.24, 2.45) is 0 Å². The van der Waals surface area contributed by atoms with E-state index in [0.29, 0.717) is 19.3 Å². The Morgan fingerprint density at radius 2 is 1.78 bits per heavy atom. The Kier molecular flexibility index (Phi) is 8.61. The fourth-order valence-corrected chi connectivity index (χ4v) is 1.41. The van der Waals surface area contributed by atoms with E-state index >= 15 is 0 Å². The van der Waals surface area contributed by atoms with Crippen LogP contribution in [-0.2, 0) is 14.4 Å². The number of carbonyl (C=O) groups excluding carboxylic acids is 2. The second-order valence-corrected chi connectivity index (χ2v) is 4.13. The van der Waals surface area contributed by atoms with Crippen molar-refractivity contribution < 1.29 is 19.5 Å². The maximum atomic E-state index is 11.4. The van der Waals surface area contributed by atoms with Gasteiger partial charge in [0.25, 0.3) is 0 Å². The summed E-state index contributed by atoms with van der Waals surface area (Å²) >= 11 is 0. The first kappa shape index (κ1) is 16.4. The molecule has 0 saturated carbocycles.